The SMILES string of the molecule is N=C(Sc1ccc(C(F)F)cc1)C(O)OC(=O)[C@@H](N)CCC(=O)O. The third-order valence-electron chi connectivity index (χ3n) is 2.78. The molecule has 0 aliphatic carbocycles. The van der Waals surface area contributed by atoms with E-state index < -0.39 is 35.7 Å². The number of ether oxygens (including phenoxy) is 1. The molecular formula is C14H16F2N2O5S. The van der Waals surface area contributed by atoms with Gasteiger partial charge in [0.2, 0.25) is 6.29 Å². The predicted molar refractivity (Wildman–Crippen MR) is 81.9 cm³/mol. The average Bonchev–Trinajstić information content (AvgIpc) is 2.52. The van der Waals surface area contributed by atoms with Gasteiger partial charge >= 0.3 is 11.9 Å². The molecule has 5 N–H and O–H groups in total. The van der Waals surface area contributed by atoms with E-state index in [2.05, 4.69) is 4.74 Å². The molecule has 0 saturated carbocycles. The number of carbonyl (C=O) groups excluding carboxylic acids is 1. The second-order valence-corrected chi connectivity index (χ2v) is 5.78. The molecule has 0 saturated heterocycles. The van der Waals surface area contributed by atoms with Gasteiger partial charge < -0.3 is 20.7 Å². The molecule has 0 aliphatic rings. The van der Waals surface area contributed by atoms with Crippen LogP contribution in [-0.4, -0.2) is 39.5 Å². The first-order chi connectivity index (χ1) is 11.2. The number of aliphatic carboxylic acids is 1. The van der Waals surface area contributed by atoms with Crippen LogP contribution >= 0.6 is 11.8 Å². The first-order valence-corrected chi connectivity index (χ1v) is 7.52. The van der Waals surface area contributed by atoms with E-state index >= 15 is 0 Å². The number of halogens is 2. The number of hydrogen-bond donors (Lipinski definition) is 4. The molecule has 0 spiro atoms. The minimum atomic E-state index is -2.61. The van der Waals surface area contributed by atoms with Gasteiger partial charge in [0.25, 0.3) is 6.43 Å². The van der Waals surface area contributed by atoms with Gasteiger partial charge in [0, 0.05) is 16.9 Å². The van der Waals surface area contributed by atoms with Crippen LogP contribution in [0.4, 0.5) is 8.78 Å². The molecule has 132 valence electrons. The van der Waals surface area contributed by atoms with Gasteiger partial charge in [0.05, 0.1) is 0 Å². The lowest BCUT2D eigenvalue weighted by molar-refractivity contribution is -0.159. The molecule has 24 heavy (non-hydrogen) atoms. The van der Waals surface area contributed by atoms with Crippen LogP contribution in [0.15, 0.2) is 29.2 Å². The third-order valence-corrected chi connectivity index (χ3v) is 3.71. The number of alkyl halides is 2. The largest absolute Gasteiger partial charge is 0.481 e. The van der Waals surface area contributed by atoms with Crippen molar-refractivity contribution < 1.29 is 33.3 Å². The van der Waals surface area contributed by atoms with Crippen molar-refractivity contribution in [1.82, 2.24) is 0 Å². The molecule has 1 rings (SSSR count). The maximum Gasteiger partial charge on any atom is 0.325 e. The Morgan fingerprint density at radius 1 is 1.29 bits per heavy atom. The highest BCUT2D eigenvalue weighted by molar-refractivity contribution is 8.14. The topological polar surface area (TPSA) is 134 Å². The maximum absolute atomic E-state index is 12.4. The molecule has 7 nitrogen and oxygen atoms in total. The van der Waals surface area contributed by atoms with Crippen LogP contribution < -0.4 is 5.73 Å². The van der Waals surface area contributed by atoms with E-state index in [0.29, 0.717) is 4.90 Å². The zero-order valence-corrected chi connectivity index (χ0v) is 13.1. The molecule has 1 aromatic carbocycles. The monoisotopic (exact) mass is 362 g/mol. The van der Waals surface area contributed by atoms with Crippen molar-refractivity contribution in [2.45, 2.75) is 36.5 Å². The van der Waals surface area contributed by atoms with Gasteiger partial charge in [-0.15, -0.1) is 0 Å². The van der Waals surface area contributed by atoms with E-state index in [-0.39, 0.29) is 18.4 Å². The number of hydrogen-bond acceptors (Lipinski definition) is 7. The average molecular weight is 362 g/mol. The molecule has 0 heterocycles. The Hall–Kier alpha value is -2.04. The summed E-state index contributed by atoms with van der Waals surface area (Å²) in [5.74, 6) is -2.17. The van der Waals surface area contributed by atoms with Crippen molar-refractivity contribution >= 4 is 28.7 Å². The molecule has 2 atom stereocenters. The molecule has 0 aliphatic heterocycles. The lowest BCUT2D eigenvalue weighted by Gasteiger charge is -2.15. The number of rotatable bonds is 8. The Morgan fingerprint density at radius 2 is 1.88 bits per heavy atom. The number of aliphatic hydroxyl groups is 1. The summed E-state index contributed by atoms with van der Waals surface area (Å²) < 4.78 is 29.4. The molecular weight excluding hydrogens is 346 g/mol. The number of carboxylic acids is 1. The van der Waals surface area contributed by atoms with Crippen molar-refractivity contribution in [3.8, 4) is 0 Å². The minimum Gasteiger partial charge on any atom is -0.481 e. The fraction of sp³-hybridized carbons (Fsp3) is 0.357. The van der Waals surface area contributed by atoms with E-state index in [1.165, 1.54) is 24.3 Å². The third kappa shape index (κ3) is 6.60. The highest BCUT2D eigenvalue weighted by Crippen LogP contribution is 2.25. The van der Waals surface area contributed by atoms with Crippen LogP contribution in [0.2, 0.25) is 0 Å². The fourth-order valence-corrected chi connectivity index (χ4v) is 2.18. The summed E-state index contributed by atoms with van der Waals surface area (Å²) in [6.07, 6.45) is -5.00. The van der Waals surface area contributed by atoms with E-state index in [0.717, 1.165) is 11.8 Å². The molecule has 1 aromatic rings. The Kier molecular flexibility index (Phi) is 7.75. The molecule has 0 aromatic heterocycles. The van der Waals surface area contributed by atoms with Gasteiger partial charge in [-0.1, -0.05) is 23.9 Å². The highest BCUT2D eigenvalue weighted by Gasteiger charge is 2.23. The zero-order valence-electron chi connectivity index (χ0n) is 12.3. The van der Waals surface area contributed by atoms with Crippen molar-refractivity contribution in [2.75, 3.05) is 0 Å². The van der Waals surface area contributed by atoms with Crippen LogP contribution in [-0.2, 0) is 14.3 Å². The summed E-state index contributed by atoms with van der Waals surface area (Å²) in [6, 6.07) is 3.81. The first-order valence-electron chi connectivity index (χ1n) is 6.71. The molecule has 0 amide bonds. The van der Waals surface area contributed by atoms with Crippen molar-refractivity contribution in [3.05, 3.63) is 29.8 Å². The molecule has 0 radical (unpaired) electrons. The summed E-state index contributed by atoms with van der Waals surface area (Å²) in [4.78, 5) is 22.3. The van der Waals surface area contributed by atoms with Crippen molar-refractivity contribution in [2.24, 2.45) is 5.73 Å². The second kappa shape index (κ2) is 9.30. The number of nitrogens with two attached hydrogens (primary N) is 1. The highest BCUT2D eigenvalue weighted by atomic mass is 32.2. The standard InChI is InChI=1S/C14H16F2N2O5S/c15-11(16)7-1-3-8(4-2-7)24-12(18)14(22)23-13(21)9(17)5-6-10(19)20/h1-4,9,11,14,18,22H,5-6,17H2,(H,19,20)/t9-,14?/m0/s1. The second-order valence-electron chi connectivity index (χ2n) is 4.66. The summed E-state index contributed by atoms with van der Waals surface area (Å²) in [6.45, 7) is 0. The van der Waals surface area contributed by atoms with Crippen LogP contribution in [0, 0.1) is 5.41 Å². The fourth-order valence-electron chi connectivity index (χ4n) is 1.51. The van der Waals surface area contributed by atoms with E-state index in [1.807, 2.05) is 0 Å². The first kappa shape index (κ1) is 20.0. The Labute approximate surface area is 140 Å². The van der Waals surface area contributed by atoms with Crippen molar-refractivity contribution in [1.29, 1.82) is 5.41 Å². The molecule has 0 fully saturated rings. The normalized spacial score (nSPS) is 13.4. The van der Waals surface area contributed by atoms with Gasteiger partial charge in [-0.05, 0) is 18.6 Å². The maximum atomic E-state index is 12.4. The summed E-state index contributed by atoms with van der Waals surface area (Å²) in [5.41, 5.74) is 5.24. The number of aliphatic hydroxyl groups excluding tert-OH is 1. The molecule has 1 unspecified atom stereocenters. The van der Waals surface area contributed by atoms with Crippen LogP contribution in [0.3, 0.4) is 0 Å². The Morgan fingerprint density at radius 3 is 2.38 bits per heavy atom. The Balaban J connectivity index is 2.52. The van der Waals surface area contributed by atoms with Gasteiger partial charge in [-0.3, -0.25) is 15.0 Å². The van der Waals surface area contributed by atoms with Gasteiger partial charge in [0.15, 0.2) is 0 Å². The lowest BCUT2D eigenvalue weighted by Crippen LogP contribution is -2.37. The summed E-state index contributed by atoms with van der Waals surface area (Å²) in [7, 11) is 0. The van der Waals surface area contributed by atoms with Gasteiger partial charge in [0.1, 0.15) is 11.1 Å². The summed E-state index contributed by atoms with van der Waals surface area (Å²) >= 11 is 0.720. The van der Waals surface area contributed by atoms with E-state index in [1.54, 1.807) is 0 Å². The van der Waals surface area contributed by atoms with Gasteiger partial charge in [-0.2, -0.15) is 0 Å². The predicted octanol–water partition coefficient (Wildman–Crippen LogP) is 1.75. The van der Waals surface area contributed by atoms with E-state index in [4.69, 9.17) is 16.2 Å². The van der Waals surface area contributed by atoms with Crippen molar-refractivity contribution in [3.63, 3.8) is 0 Å². The Bertz CT molecular complexity index is 597. The number of nitrogens with one attached hydrogen (secondary N) is 1. The zero-order chi connectivity index (χ0) is 18.3. The van der Waals surface area contributed by atoms with Crippen LogP contribution in [0.1, 0.15) is 24.8 Å². The number of esters is 1. The number of thioether (sulfide) groups is 1. The minimum absolute atomic E-state index is 0.170. The quantitative estimate of drug-likeness (QED) is 0.182. The van der Waals surface area contributed by atoms with E-state index in [9.17, 15) is 23.5 Å². The molecule has 10 heteroatoms. The molecule has 0 bridgehead atoms. The summed E-state index contributed by atoms with van der Waals surface area (Å²) in [5, 5.41) is 25.3. The smallest absolute Gasteiger partial charge is 0.325 e. The van der Waals surface area contributed by atoms with Gasteiger partial charge in [-0.25, -0.2) is 8.78 Å². The number of carboxylic acid groups (broad SMARTS) is 1. The lowest BCUT2D eigenvalue weighted by atomic mass is 10.2. The number of carbonyl (C=O) groups is 2. The number of benzene rings is 1. The van der Waals surface area contributed by atoms with Crippen LogP contribution in [0.25, 0.3) is 0 Å². The van der Waals surface area contributed by atoms with Crippen LogP contribution in [0.5, 0.6) is 0 Å².